The van der Waals surface area contributed by atoms with Crippen LogP contribution in [0.2, 0.25) is 0 Å². The van der Waals surface area contributed by atoms with Gasteiger partial charge in [0.15, 0.2) is 0 Å². The summed E-state index contributed by atoms with van der Waals surface area (Å²) in [6, 6.07) is 0. The summed E-state index contributed by atoms with van der Waals surface area (Å²) < 4.78 is 10.2. The largest absolute Gasteiger partial charge is 0.469 e. The van der Waals surface area contributed by atoms with Crippen LogP contribution in [0.1, 0.15) is 26.2 Å². The molecule has 2 fully saturated rings. The van der Waals surface area contributed by atoms with Crippen LogP contribution in [0.4, 0.5) is 0 Å². The van der Waals surface area contributed by atoms with Gasteiger partial charge in [0.25, 0.3) is 0 Å². The summed E-state index contributed by atoms with van der Waals surface area (Å²) in [7, 11) is 1.45. The summed E-state index contributed by atoms with van der Waals surface area (Å²) in [4.78, 5) is 11.2. The first-order chi connectivity index (χ1) is 5.65. The molecule has 1 heterocycles. The van der Waals surface area contributed by atoms with Crippen molar-refractivity contribution >= 4 is 5.97 Å². The molecule has 3 atom stereocenters. The van der Waals surface area contributed by atoms with Crippen molar-refractivity contribution in [2.45, 2.75) is 37.9 Å². The molecule has 2 rings (SSSR count). The second-order valence-corrected chi connectivity index (χ2v) is 3.91. The van der Waals surface area contributed by atoms with Gasteiger partial charge in [0.1, 0.15) is 0 Å². The van der Waals surface area contributed by atoms with Crippen molar-refractivity contribution < 1.29 is 14.3 Å². The highest BCUT2D eigenvalue weighted by molar-refractivity contribution is 5.72. The van der Waals surface area contributed by atoms with Crippen LogP contribution in [0.15, 0.2) is 0 Å². The summed E-state index contributed by atoms with van der Waals surface area (Å²) in [5.41, 5.74) is 0.102. The van der Waals surface area contributed by atoms with Crippen molar-refractivity contribution in [1.29, 1.82) is 0 Å². The van der Waals surface area contributed by atoms with Crippen molar-refractivity contribution in [3.8, 4) is 0 Å². The highest BCUT2D eigenvalue weighted by Gasteiger charge is 2.56. The molecule has 0 radical (unpaired) electrons. The number of carbonyl (C=O) groups excluding carboxylic acids is 1. The molecule has 12 heavy (non-hydrogen) atoms. The first kappa shape index (κ1) is 8.05. The zero-order chi connectivity index (χ0) is 8.77. The fourth-order valence-corrected chi connectivity index (χ4v) is 2.03. The van der Waals surface area contributed by atoms with Crippen LogP contribution in [0.3, 0.4) is 0 Å². The lowest BCUT2D eigenvalue weighted by Crippen LogP contribution is -2.27. The van der Waals surface area contributed by atoms with Crippen LogP contribution in [-0.4, -0.2) is 24.8 Å². The van der Waals surface area contributed by atoms with Gasteiger partial charge in [-0.15, -0.1) is 0 Å². The Bertz CT molecular complexity index is 214. The zero-order valence-electron chi connectivity index (χ0n) is 7.50. The van der Waals surface area contributed by atoms with Gasteiger partial charge in [-0.1, -0.05) is 0 Å². The van der Waals surface area contributed by atoms with Crippen LogP contribution < -0.4 is 0 Å². The second-order valence-electron chi connectivity index (χ2n) is 3.91. The Morgan fingerprint density at radius 2 is 2.42 bits per heavy atom. The zero-order valence-corrected chi connectivity index (χ0v) is 7.50. The van der Waals surface area contributed by atoms with E-state index in [2.05, 4.69) is 6.92 Å². The van der Waals surface area contributed by atoms with E-state index >= 15 is 0 Å². The Labute approximate surface area is 72.0 Å². The fraction of sp³-hybridized carbons (Fsp3) is 0.889. The maximum absolute atomic E-state index is 11.2. The van der Waals surface area contributed by atoms with Gasteiger partial charge in [0, 0.05) is 0 Å². The van der Waals surface area contributed by atoms with E-state index in [0.29, 0.717) is 6.10 Å². The number of epoxide rings is 1. The van der Waals surface area contributed by atoms with Crippen LogP contribution in [0, 0.1) is 5.92 Å². The van der Waals surface area contributed by atoms with E-state index in [0.717, 1.165) is 19.3 Å². The van der Waals surface area contributed by atoms with Crippen molar-refractivity contribution in [3.05, 3.63) is 0 Å². The molecule has 0 bridgehead atoms. The van der Waals surface area contributed by atoms with Crippen LogP contribution in [-0.2, 0) is 14.3 Å². The SMILES string of the molecule is COC(=O)[C@@H]1CC[C@]2(C)O[C@@H]2C1. The number of esters is 1. The topological polar surface area (TPSA) is 38.8 Å². The molecule has 1 saturated heterocycles. The minimum Gasteiger partial charge on any atom is -0.469 e. The maximum Gasteiger partial charge on any atom is 0.308 e. The average Bonchev–Trinajstić information content (AvgIpc) is 2.73. The number of fused-ring (bicyclic) bond motifs is 1. The van der Waals surface area contributed by atoms with Gasteiger partial charge in [0.2, 0.25) is 0 Å². The number of hydrogen-bond acceptors (Lipinski definition) is 3. The maximum atomic E-state index is 11.2. The Hall–Kier alpha value is -0.570. The van der Waals surface area contributed by atoms with E-state index in [9.17, 15) is 4.79 Å². The number of ether oxygens (including phenoxy) is 2. The second kappa shape index (κ2) is 2.46. The fourth-order valence-electron chi connectivity index (χ4n) is 2.03. The van der Waals surface area contributed by atoms with Crippen LogP contribution in [0.25, 0.3) is 0 Å². The number of methoxy groups -OCH3 is 1. The molecule has 1 saturated carbocycles. The summed E-state index contributed by atoms with van der Waals surface area (Å²) in [6.07, 6.45) is 3.08. The van der Waals surface area contributed by atoms with Crippen molar-refractivity contribution in [1.82, 2.24) is 0 Å². The first-order valence-electron chi connectivity index (χ1n) is 4.41. The molecule has 68 valence electrons. The molecule has 3 nitrogen and oxygen atoms in total. The first-order valence-corrected chi connectivity index (χ1v) is 4.41. The normalized spacial score (nSPS) is 44.8. The average molecular weight is 170 g/mol. The van der Waals surface area contributed by atoms with Gasteiger partial charge in [0.05, 0.1) is 24.7 Å². The predicted octanol–water partition coefficient (Wildman–Crippen LogP) is 1.12. The Balaban J connectivity index is 1.93. The Morgan fingerprint density at radius 1 is 1.67 bits per heavy atom. The van der Waals surface area contributed by atoms with Gasteiger partial charge in [-0.2, -0.15) is 0 Å². The van der Waals surface area contributed by atoms with E-state index in [1.807, 2.05) is 0 Å². The molecule has 0 amide bonds. The predicted molar refractivity (Wildman–Crippen MR) is 42.6 cm³/mol. The summed E-state index contributed by atoms with van der Waals surface area (Å²) in [5, 5.41) is 0. The summed E-state index contributed by atoms with van der Waals surface area (Å²) >= 11 is 0. The summed E-state index contributed by atoms with van der Waals surface area (Å²) in [6.45, 7) is 2.12. The smallest absolute Gasteiger partial charge is 0.308 e. The van der Waals surface area contributed by atoms with E-state index in [4.69, 9.17) is 9.47 Å². The molecule has 0 N–H and O–H groups in total. The van der Waals surface area contributed by atoms with E-state index in [1.165, 1.54) is 7.11 Å². The lowest BCUT2D eigenvalue weighted by molar-refractivity contribution is -0.146. The molecule has 0 spiro atoms. The Morgan fingerprint density at radius 3 is 3.00 bits per heavy atom. The molecule has 3 heteroatoms. The van der Waals surface area contributed by atoms with E-state index in [1.54, 1.807) is 0 Å². The van der Waals surface area contributed by atoms with Gasteiger partial charge in [-0.25, -0.2) is 0 Å². The molecule has 1 aliphatic carbocycles. The monoisotopic (exact) mass is 170 g/mol. The Kier molecular flexibility index (Phi) is 1.65. The molecule has 1 aliphatic heterocycles. The minimum absolute atomic E-state index is 0.0763. The highest BCUT2D eigenvalue weighted by atomic mass is 16.6. The number of rotatable bonds is 1. The number of carbonyl (C=O) groups is 1. The lowest BCUT2D eigenvalue weighted by atomic mass is 9.83. The highest BCUT2D eigenvalue weighted by Crippen LogP contribution is 2.49. The molecule has 2 aliphatic rings. The third-order valence-corrected chi connectivity index (χ3v) is 3.06. The molecule has 0 aromatic carbocycles. The number of hydrogen-bond donors (Lipinski definition) is 0. The lowest BCUT2D eigenvalue weighted by Gasteiger charge is -2.19. The van der Waals surface area contributed by atoms with Crippen molar-refractivity contribution in [2.75, 3.05) is 7.11 Å². The molecular formula is C9H14O3. The quantitative estimate of drug-likeness (QED) is 0.437. The molecule has 0 unspecified atom stereocenters. The molecule has 0 aromatic heterocycles. The molecular weight excluding hydrogens is 156 g/mol. The van der Waals surface area contributed by atoms with Crippen molar-refractivity contribution in [3.63, 3.8) is 0 Å². The molecule has 0 aromatic rings. The van der Waals surface area contributed by atoms with Gasteiger partial charge in [-0.3, -0.25) is 4.79 Å². The minimum atomic E-state index is -0.0763. The van der Waals surface area contributed by atoms with Crippen LogP contribution >= 0.6 is 0 Å². The van der Waals surface area contributed by atoms with Gasteiger partial charge in [-0.05, 0) is 26.2 Å². The van der Waals surface area contributed by atoms with Gasteiger partial charge >= 0.3 is 5.97 Å². The van der Waals surface area contributed by atoms with E-state index < -0.39 is 0 Å². The van der Waals surface area contributed by atoms with E-state index in [-0.39, 0.29) is 17.5 Å². The van der Waals surface area contributed by atoms with Crippen molar-refractivity contribution in [2.24, 2.45) is 5.92 Å². The summed E-state index contributed by atoms with van der Waals surface area (Å²) in [5.74, 6) is 0.00289. The van der Waals surface area contributed by atoms with Gasteiger partial charge < -0.3 is 9.47 Å². The third-order valence-electron chi connectivity index (χ3n) is 3.06. The standard InChI is InChI=1S/C9H14O3/c1-9-4-3-6(8(10)11-2)5-7(9)12-9/h6-7H,3-5H2,1-2H3/t6-,7-,9+/m1/s1. The van der Waals surface area contributed by atoms with Crippen LogP contribution in [0.5, 0.6) is 0 Å². The third kappa shape index (κ3) is 1.12.